The molecular formula is C18H14Cl3NO3. The fraction of sp³-hybridized carbons (Fsp3) is 0.111. The number of ether oxygens (including phenoxy) is 1. The Hall–Kier alpha value is -2.01. The summed E-state index contributed by atoms with van der Waals surface area (Å²) in [6.07, 6.45) is 1.68. The normalized spacial score (nSPS) is 12.0. The maximum atomic E-state index is 12.1. The summed E-state index contributed by atoms with van der Waals surface area (Å²) in [4.78, 5) is 23.9. The molecule has 4 nitrogen and oxygen atoms in total. The first-order chi connectivity index (χ1) is 11.9. The number of halogens is 3. The number of para-hydroxylation sites is 1. The van der Waals surface area contributed by atoms with Crippen LogP contribution in [0.2, 0.25) is 15.1 Å². The van der Waals surface area contributed by atoms with Gasteiger partial charge in [0.25, 0.3) is 5.91 Å². The Balaban J connectivity index is 1.94. The van der Waals surface area contributed by atoms with Gasteiger partial charge in [0.05, 0.1) is 10.7 Å². The summed E-state index contributed by atoms with van der Waals surface area (Å²) in [7, 11) is 0. The van der Waals surface area contributed by atoms with Crippen LogP contribution in [0.25, 0.3) is 6.08 Å². The average Bonchev–Trinajstić information content (AvgIpc) is 2.56. The first-order valence-corrected chi connectivity index (χ1v) is 8.39. The Kier molecular flexibility index (Phi) is 6.88. The lowest BCUT2D eigenvalue weighted by Crippen LogP contribution is -2.29. The van der Waals surface area contributed by atoms with E-state index in [0.717, 1.165) is 0 Å². The average molecular weight is 399 g/mol. The summed E-state index contributed by atoms with van der Waals surface area (Å²) in [5.74, 6) is -1.16. The smallest absolute Gasteiger partial charge is 0.331 e. The summed E-state index contributed by atoms with van der Waals surface area (Å²) < 4.78 is 5.06. The van der Waals surface area contributed by atoms with Crippen LogP contribution in [0.5, 0.6) is 0 Å². The van der Waals surface area contributed by atoms with E-state index in [1.807, 2.05) is 0 Å². The van der Waals surface area contributed by atoms with Gasteiger partial charge in [-0.3, -0.25) is 4.79 Å². The van der Waals surface area contributed by atoms with Gasteiger partial charge < -0.3 is 10.1 Å². The zero-order valence-corrected chi connectivity index (χ0v) is 15.4. The molecule has 2 aromatic rings. The van der Waals surface area contributed by atoms with Crippen LogP contribution in [0, 0.1) is 0 Å². The summed E-state index contributed by atoms with van der Waals surface area (Å²) in [6.45, 7) is 1.47. The number of rotatable bonds is 5. The minimum atomic E-state index is -0.992. The molecule has 0 aliphatic carbocycles. The Bertz CT molecular complexity index is 821. The van der Waals surface area contributed by atoms with Crippen molar-refractivity contribution in [2.45, 2.75) is 13.0 Å². The number of hydrogen-bond donors (Lipinski definition) is 1. The quantitative estimate of drug-likeness (QED) is 0.554. The lowest BCUT2D eigenvalue weighted by atomic mass is 10.2. The van der Waals surface area contributed by atoms with Crippen LogP contribution in [0.15, 0.2) is 48.5 Å². The van der Waals surface area contributed by atoms with E-state index in [2.05, 4.69) is 5.32 Å². The Morgan fingerprint density at radius 1 is 1.08 bits per heavy atom. The molecule has 130 valence electrons. The molecule has 0 aliphatic heterocycles. The van der Waals surface area contributed by atoms with Gasteiger partial charge in [-0.25, -0.2) is 4.79 Å². The van der Waals surface area contributed by atoms with Crippen molar-refractivity contribution < 1.29 is 14.3 Å². The number of carbonyl (C=O) groups excluding carboxylic acids is 2. The van der Waals surface area contributed by atoms with Gasteiger partial charge in [0.15, 0.2) is 6.10 Å². The van der Waals surface area contributed by atoms with Crippen LogP contribution in [-0.2, 0) is 14.3 Å². The van der Waals surface area contributed by atoms with E-state index in [1.165, 1.54) is 19.1 Å². The SMILES string of the molecule is C[C@H](OC(=O)/C=C/c1ccc(Cl)cc1Cl)C(=O)Nc1ccccc1Cl. The third-order valence-electron chi connectivity index (χ3n) is 3.16. The van der Waals surface area contributed by atoms with Gasteiger partial charge in [-0.15, -0.1) is 0 Å². The van der Waals surface area contributed by atoms with Crippen molar-refractivity contribution >= 4 is 58.4 Å². The molecule has 0 radical (unpaired) electrons. The fourth-order valence-electron chi connectivity index (χ4n) is 1.86. The molecule has 0 bridgehead atoms. The molecule has 0 fully saturated rings. The number of nitrogens with one attached hydrogen (secondary N) is 1. The van der Waals surface area contributed by atoms with Gasteiger partial charge in [-0.2, -0.15) is 0 Å². The van der Waals surface area contributed by atoms with Crippen LogP contribution in [0.4, 0.5) is 5.69 Å². The lowest BCUT2D eigenvalue weighted by molar-refractivity contribution is -0.148. The maximum absolute atomic E-state index is 12.1. The molecule has 0 aromatic heterocycles. The van der Waals surface area contributed by atoms with E-state index in [0.29, 0.717) is 26.3 Å². The van der Waals surface area contributed by atoms with E-state index in [4.69, 9.17) is 39.5 Å². The topological polar surface area (TPSA) is 55.4 Å². The molecule has 2 aromatic carbocycles. The highest BCUT2D eigenvalue weighted by atomic mass is 35.5. The van der Waals surface area contributed by atoms with Gasteiger partial charge in [0, 0.05) is 16.1 Å². The molecule has 0 saturated carbocycles. The van der Waals surface area contributed by atoms with Crippen molar-refractivity contribution in [3.05, 3.63) is 69.2 Å². The second-order valence-corrected chi connectivity index (χ2v) is 6.30. The molecule has 0 unspecified atom stereocenters. The molecule has 1 amide bonds. The molecular weight excluding hydrogens is 385 g/mol. The Morgan fingerprint density at radius 3 is 2.48 bits per heavy atom. The van der Waals surface area contributed by atoms with E-state index in [-0.39, 0.29) is 0 Å². The molecule has 1 N–H and O–H groups in total. The van der Waals surface area contributed by atoms with E-state index in [9.17, 15) is 9.59 Å². The highest BCUT2D eigenvalue weighted by Gasteiger charge is 2.17. The van der Waals surface area contributed by atoms with Gasteiger partial charge in [-0.05, 0) is 42.8 Å². The Morgan fingerprint density at radius 2 is 1.80 bits per heavy atom. The van der Waals surface area contributed by atoms with Crippen LogP contribution in [-0.4, -0.2) is 18.0 Å². The van der Waals surface area contributed by atoms with Crippen LogP contribution >= 0.6 is 34.8 Å². The van der Waals surface area contributed by atoms with E-state index < -0.39 is 18.0 Å². The molecule has 0 aliphatic rings. The van der Waals surface area contributed by atoms with Crippen LogP contribution < -0.4 is 5.32 Å². The molecule has 25 heavy (non-hydrogen) atoms. The van der Waals surface area contributed by atoms with Gasteiger partial charge >= 0.3 is 5.97 Å². The van der Waals surface area contributed by atoms with Crippen molar-refractivity contribution in [1.82, 2.24) is 0 Å². The number of anilines is 1. The summed E-state index contributed by atoms with van der Waals surface area (Å²) in [5, 5.41) is 3.89. The first-order valence-electron chi connectivity index (χ1n) is 7.26. The lowest BCUT2D eigenvalue weighted by Gasteiger charge is -2.13. The van der Waals surface area contributed by atoms with Gasteiger partial charge in [0.1, 0.15) is 0 Å². The third-order valence-corrected chi connectivity index (χ3v) is 4.05. The first kappa shape index (κ1) is 19.3. The standard InChI is InChI=1S/C18H14Cl3NO3/c1-11(18(24)22-16-5-3-2-4-14(16)20)25-17(23)9-7-12-6-8-13(19)10-15(12)21/h2-11H,1H3,(H,22,24)/b9-7+/t11-/m0/s1. The fourth-order valence-corrected chi connectivity index (χ4v) is 2.51. The predicted molar refractivity (Wildman–Crippen MR) is 101 cm³/mol. The van der Waals surface area contributed by atoms with Gasteiger partial charge in [-0.1, -0.05) is 53.0 Å². The third kappa shape index (κ3) is 5.78. The van der Waals surface area contributed by atoms with E-state index >= 15 is 0 Å². The number of esters is 1. The van der Waals surface area contributed by atoms with Crippen molar-refractivity contribution in [1.29, 1.82) is 0 Å². The van der Waals surface area contributed by atoms with Crippen molar-refractivity contribution in [2.24, 2.45) is 0 Å². The van der Waals surface area contributed by atoms with Crippen molar-refractivity contribution in [2.75, 3.05) is 5.32 Å². The summed E-state index contributed by atoms with van der Waals surface area (Å²) >= 11 is 17.8. The van der Waals surface area contributed by atoms with E-state index in [1.54, 1.807) is 42.5 Å². The predicted octanol–water partition coefficient (Wildman–Crippen LogP) is 5.23. The largest absolute Gasteiger partial charge is 0.449 e. The highest BCUT2D eigenvalue weighted by molar-refractivity contribution is 6.35. The van der Waals surface area contributed by atoms with Crippen LogP contribution in [0.1, 0.15) is 12.5 Å². The monoisotopic (exact) mass is 397 g/mol. The second kappa shape index (κ2) is 8.90. The minimum Gasteiger partial charge on any atom is -0.449 e. The zero-order valence-electron chi connectivity index (χ0n) is 13.1. The highest BCUT2D eigenvalue weighted by Crippen LogP contribution is 2.22. The number of carbonyl (C=O) groups is 2. The van der Waals surface area contributed by atoms with Crippen molar-refractivity contribution in [3.63, 3.8) is 0 Å². The van der Waals surface area contributed by atoms with Gasteiger partial charge in [0.2, 0.25) is 0 Å². The molecule has 2 rings (SSSR count). The minimum absolute atomic E-state index is 0.395. The number of hydrogen-bond acceptors (Lipinski definition) is 3. The summed E-state index contributed by atoms with van der Waals surface area (Å²) in [5.41, 5.74) is 1.05. The Labute approximate surface area is 160 Å². The molecule has 1 atom stereocenters. The molecule has 7 heteroatoms. The number of amides is 1. The molecule has 0 heterocycles. The maximum Gasteiger partial charge on any atom is 0.331 e. The van der Waals surface area contributed by atoms with Crippen LogP contribution in [0.3, 0.4) is 0 Å². The summed E-state index contributed by atoms with van der Waals surface area (Å²) in [6, 6.07) is 11.7. The second-order valence-electron chi connectivity index (χ2n) is 5.05. The number of benzene rings is 2. The molecule has 0 spiro atoms. The zero-order chi connectivity index (χ0) is 18.4. The molecule has 0 saturated heterocycles. The van der Waals surface area contributed by atoms with Crippen molar-refractivity contribution in [3.8, 4) is 0 Å².